The third kappa shape index (κ3) is 2.84. The molecule has 0 aliphatic carbocycles. The summed E-state index contributed by atoms with van der Waals surface area (Å²) in [7, 11) is 0. The lowest BCUT2D eigenvalue weighted by atomic mass is 10.0. The summed E-state index contributed by atoms with van der Waals surface area (Å²) in [6, 6.07) is 0.181. The van der Waals surface area contributed by atoms with E-state index in [0.717, 1.165) is 12.8 Å². The Morgan fingerprint density at radius 3 is 3.00 bits per heavy atom. The zero-order valence-electron chi connectivity index (χ0n) is 9.44. The van der Waals surface area contributed by atoms with Gasteiger partial charge in [0, 0.05) is 6.42 Å². The van der Waals surface area contributed by atoms with Crippen LogP contribution in [0, 0.1) is 5.41 Å². The predicted molar refractivity (Wildman–Crippen MR) is 64.5 cm³/mol. The van der Waals surface area contributed by atoms with Crippen LogP contribution in [0.15, 0.2) is 0 Å². The lowest BCUT2D eigenvalue weighted by molar-refractivity contribution is -0.137. The van der Waals surface area contributed by atoms with Crippen molar-refractivity contribution in [2.24, 2.45) is 0 Å². The predicted octanol–water partition coefficient (Wildman–Crippen LogP) is -0.373. The fourth-order valence-electron chi connectivity index (χ4n) is 2.48. The number of aliphatic carboxylic acids is 1. The Bertz CT molecular complexity index is 326. The van der Waals surface area contributed by atoms with Gasteiger partial charge in [0.05, 0.1) is 6.04 Å². The van der Waals surface area contributed by atoms with E-state index in [1.807, 2.05) is 0 Å². The molecule has 2 saturated heterocycles. The van der Waals surface area contributed by atoms with Crippen LogP contribution in [0.5, 0.6) is 0 Å². The van der Waals surface area contributed by atoms with Crippen molar-refractivity contribution in [3.8, 4) is 0 Å². The number of rotatable bonds is 5. The second kappa shape index (κ2) is 5.14. The Kier molecular flexibility index (Phi) is 3.78. The summed E-state index contributed by atoms with van der Waals surface area (Å²) in [6.45, 7) is 0. The van der Waals surface area contributed by atoms with E-state index in [1.165, 1.54) is 0 Å². The summed E-state index contributed by atoms with van der Waals surface area (Å²) < 4.78 is 11.9. The van der Waals surface area contributed by atoms with Gasteiger partial charge in [-0.3, -0.25) is 10.2 Å². The third-order valence-corrected chi connectivity index (χ3v) is 5.18. The van der Waals surface area contributed by atoms with Crippen molar-refractivity contribution in [3.63, 3.8) is 0 Å². The molecule has 0 aromatic heterocycles. The molecule has 2 unspecified atom stereocenters. The molecule has 2 rings (SSSR count). The fraction of sp³-hybridized carbons (Fsp3) is 0.800. The zero-order valence-corrected chi connectivity index (χ0v) is 10.3. The minimum absolute atomic E-state index is 0.0455. The third-order valence-electron chi connectivity index (χ3n) is 3.29. The molecule has 7 heteroatoms. The highest BCUT2D eigenvalue weighted by Gasteiger charge is 2.49. The highest BCUT2D eigenvalue weighted by atomic mass is 32.2. The maximum atomic E-state index is 11.9. The van der Waals surface area contributed by atoms with Gasteiger partial charge in [0.25, 0.3) is 0 Å². The molecule has 0 radical (unpaired) electrons. The largest absolute Gasteiger partial charge is 0.616 e. The number of unbranched alkanes of at least 4 members (excludes halogenated alkanes) is 1. The minimum atomic E-state index is -0.868. The van der Waals surface area contributed by atoms with Crippen LogP contribution in [-0.4, -0.2) is 44.7 Å². The van der Waals surface area contributed by atoms with E-state index < -0.39 is 17.1 Å². The van der Waals surface area contributed by atoms with Gasteiger partial charge in [0.15, 0.2) is 5.96 Å². The van der Waals surface area contributed by atoms with E-state index in [2.05, 4.69) is 10.6 Å². The van der Waals surface area contributed by atoms with Crippen molar-refractivity contribution < 1.29 is 14.5 Å². The van der Waals surface area contributed by atoms with Crippen molar-refractivity contribution in [3.05, 3.63) is 0 Å². The van der Waals surface area contributed by atoms with Crippen molar-refractivity contribution in [2.75, 3.05) is 5.75 Å². The molecule has 6 nitrogen and oxygen atoms in total. The number of carbonyl (C=O) groups is 1. The van der Waals surface area contributed by atoms with Crippen LogP contribution in [0.1, 0.15) is 25.7 Å². The van der Waals surface area contributed by atoms with Gasteiger partial charge < -0.3 is 20.3 Å². The molecular formula is C10H17N3O3S. The van der Waals surface area contributed by atoms with Crippen molar-refractivity contribution in [2.45, 2.75) is 43.0 Å². The Balaban J connectivity index is 1.79. The second-order valence-corrected chi connectivity index (χ2v) is 6.22. The van der Waals surface area contributed by atoms with Crippen LogP contribution in [-0.2, 0) is 16.0 Å². The molecule has 0 spiro atoms. The smallest absolute Gasteiger partial charge is 0.303 e. The van der Waals surface area contributed by atoms with Crippen LogP contribution < -0.4 is 10.6 Å². The molecule has 0 amide bonds. The molecular weight excluding hydrogens is 242 g/mol. The van der Waals surface area contributed by atoms with Gasteiger partial charge in [-0.2, -0.15) is 0 Å². The topological polar surface area (TPSA) is 108 Å². The molecule has 2 heterocycles. The van der Waals surface area contributed by atoms with Crippen LogP contribution in [0.2, 0.25) is 0 Å². The molecule has 0 aromatic rings. The Hall–Kier alpha value is -0.950. The first kappa shape index (κ1) is 12.5. The summed E-state index contributed by atoms with van der Waals surface area (Å²) in [5.41, 5.74) is 0. The van der Waals surface area contributed by atoms with Crippen LogP contribution in [0.4, 0.5) is 0 Å². The van der Waals surface area contributed by atoms with E-state index in [-0.39, 0.29) is 23.8 Å². The lowest BCUT2D eigenvalue weighted by Gasteiger charge is -2.18. The van der Waals surface area contributed by atoms with E-state index in [9.17, 15) is 9.35 Å². The highest BCUT2D eigenvalue weighted by molar-refractivity contribution is 7.92. The number of guanidine groups is 1. The summed E-state index contributed by atoms with van der Waals surface area (Å²) in [5.74, 6) is 0.119. The number of hydrogen-bond donors (Lipinski definition) is 4. The van der Waals surface area contributed by atoms with Crippen LogP contribution in [0.3, 0.4) is 0 Å². The molecule has 0 bridgehead atoms. The molecule has 0 saturated carbocycles. The average Bonchev–Trinajstić information content (AvgIpc) is 2.69. The number of fused-ring (bicyclic) bond motifs is 1. The lowest BCUT2D eigenvalue weighted by Crippen LogP contribution is -2.39. The zero-order chi connectivity index (χ0) is 12.4. The molecule has 2 aliphatic heterocycles. The maximum absolute atomic E-state index is 11.9. The first-order valence-electron chi connectivity index (χ1n) is 5.78. The monoisotopic (exact) mass is 259 g/mol. The average molecular weight is 259 g/mol. The van der Waals surface area contributed by atoms with E-state index in [1.54, 1.807) is 0 Å². The van der Waals surface area contributed by atoms with Crippen molar-refractivity contribution in [1.82, 2.24) is 10.6 Å². The van der Waals surface area contributed by atoms with Crippen LogP contribution >= 0.6 is 0 Å². The number of carboxylic acid groups (broad SMARTS) is 1. The van der Waals surface area contributed by atoms with Crippen LogP contribution in [0.25, 0.3) is 0 Å². The van der Waals surface area contributed by atoms with Gasteiger partial charge in [0.2, 0.25) is 0 Å². The van der Waals surface area contributed by atoms with Gasteiger partial charge in [-0.25, -0.2) is 0 Å². The minimum Gasteiger partial charge on any atom is -0.616 e. The van der Waals surface area contributed by atoms with Gasteiger partial charge >= 0.3 is 5.97 Å². The summed E-state index contributed by atoms with van der Waals surface area (Å²) in [4.78, 5) is 10.4. The van der Waals surface area contributed by atoms with Crippen molar-refractivity contribution in [1.29, 1.82) is 5.41 Å². The summed E-state index contributed by atoms with van der Waals surface area (Å²) in [5, 5.41) is 22.0. The Labute approximate surface area is 103 Å². The SMILES string of the molecule is N=C1NC2C[S+]([O-])[C@@H](CCCCC(=O)O)[C@H]2N1. The van der Waals surface area contributed by atoms with E-state index >= 15 is 0 Å². The summed E-state index contributed by atoms with van der Waals surface area (Å²) in [6.07, 6.45) is 2.35. The molecule has 2 aliphatic rings. The number of carboxylic acids is 1. The molecule has 17 heavy (non-hydrogen) atoms. The Morgan fingerprint density at radius 2 is 2.29 bits per heavy atom. The second-order valence-electron chi connectivity index (χ2n) is 4.52. The quantitative estimate of drug-likeness (QED) is 0.398. The normalized spacial score (nSPS) is 35.2. The van der Waals surface area contributed by atoms with E-state index in [0.29, 0.717) is 18.1 Å². The fourth-order valence-corrected chi connectivity index (χ4v) is 4.38. The number of hydrogen-bond acceptors (Lipinski definition) is 3. The standard InChI is InChI=1S/C10H17N3O3S/c11-10-12-6-5-17(16)7(9(6)13-10)3-1-2-4-8(14)15/h6-7,9H,1-5H2,(H,14,15)(H3,11,12,13)/t6?,7-,9-,17?/m0/s1. The molecule has 96 valence electrons. The first-order chi connectivity index (χ1) is 8.08. The molecule has 2 fully saturated rings. The summed E-state index contributed by atoms with van der Waals surface area (Å²) >= 11 is -0.868. The van der Waals surface area contributed by atoms with Gasteiger partial charge in [-0.1, -0.05) is 0 Å². The number of nitrogens with one attached hydrogen (secondary N) is 3. The maximum Gasteiger partial charge on any atom is 0.303 e. The molecule has 4 atom stereocenters. The molecule has 4 N–H and O–H groups in total. The Morgan fingerprint density at radius 1 is 1.53 bits per heavy atom. The van der Waals surface area contributed by atoms with Crippen molar-refractivity contribution >= 4 is 23.1 Å². The first-order valence-corrected chi connectivity index (χ1v) is 7.16. The van der Waals surface area contributed by atoms with Gasteiger partial charge in [-0.05, 0) is 30.4 Å². The molecule has 0 aromatic carbocycles. The van der Waals surface area contributed by atoms with E-state index in [4.69, 9.17) is 10.5 Å². The van der Waals surface area contributed by atoms with Gasteiger partial charge in [-0.15, -0.1) is 0 Å². The van der Waals surface area contributed by atoms with Gasteiger partial charge in [0.1, 0.15) is 17.0 Å². The highest BCUT2D eigenvalue weighted by Crippen LogP contribution is 2.28.